The number of nitrogens with zero attached hydrogens (tertiary/aromatic N) is 1. The summed E-state index contributed by atoms with van der Waals surface area (Å²) < 4.78 is 5.78. The SMILES string of the molecule is Cc1ccc(O[C@H](C)C(=O)Nc2ccc(N3CCCCC3)cc2)cc1C. The van der Waals surface area contributed by atoms with E-state index < -0.39 is 6.10 Å². The second kappa shape index (κ2) is 8.26. The lowest BCUT2D eigenvalue weighted by Gasteiger charge is -2.28. The lowest BCUT2D eigenvalue weighted by Crippen LogP contribution is -2.30. The Morgan fingerprint density at radius 3 is 2.35 bits per heavy atom. The third-order valence-corrected chi connectivity index (χ3v) is 5.02. The number of aryl methyl sites for hydroxylation is 2. The molecule has 2 aromatic carbocycles. The third-order valence-electron chi connectivity index (χ3n) is 5.02. The lowest BCUT2D eigenvalue weighted by atomic mass is 10.1. The number of carbonyl (C=O) groups excluding carboxylic acids is 1. The standard InChI is InChI=1S/C22H28N2O2/c1-16-7-12-21(15-17(16)2)26-18(3)22(25)23-19-8-10-20(11-9-19)24-13-5-4-6-14-24/h7-12,15,18H,4-6,13-14H2,1-3H3,(H,23,25)/t18-/m1/s1. The van der Waals surface area contributed by atoms with Gasteiger partial charge in [-0.3, -0.25) is 4.79 Å². The van der Waals surface area contributed by atoms with Crippen LogP contribution in [0.4, 0.5) is 11.4 Å². The zero-order chi connectivity index (χ0) is 18.5. The average molecular weight is 352 g/mol. The molecule has 1 aliphatic rings. The molecule has 1 fully saturated rings. The van der Waals surface area contributed by atoms with Gasteiger partial charge in [-0.15, -0.1) is 0 Å². The molecule has 4 heteroatoms. The van der Waals surface area contributed by atoms with Crippen LogP contribution in [0.3, 0.4) is 0 Å². The Morgan fingerprint density at radius 2 is 1.69 bits per heavy atom. The van der Waals surface area contributed by atoms with Crippen molar-refractivity contribution < 1.29 is 9.53 Å². The summed E-state index contributed by atoms with van der Waals surface area (Å²) in [4.78, 5) is 14.8. The first-order valence-corrected chi connectivity index (χ1v) is 9.43. The van der Waals surface area contributed by atoms with Crippen LogP contribution in [0.5, 0.6) is 5.75 Å². The molecule has 0 aliphatic carbocycles. The van der Waals surface area contributed by atoms with Crippen molar-refractivity contribution in [1.82, 2.24) is 0 Å². The molecule has 0 unspecified atom stereocenters. The monoisotopic (exact) mass is 352 g/mol. The molecule has 0 spiro atoms. The van der Waals surface area contributed by atoms with Crippen molar-refractivity contribution in [2.24, 2.45) is 0 Å². The second-order valence-electron chi connectivity index (χ2n) is 7.09. The Morgan fingerprint density at radius 1 is 1.00 bits per heavy atom. The summed E-state index contributed by atoms with van der Waals surface area (Å²) in [5.74, 6) is 0.574. The summed E-state index contributed by atoms with van der Waals surface area (Å²) >= 11 is 0. The van der Waals surface area contributed by atoms with Crippen LogP contribution in [0, 0.1) is 13.8 Å². The quantitative estimate of drug-likeness (QED) is 0.848. The second-order valence-corrected chi connectivity index (χ2v) is 7.09. The van der Waals surface area contributed by atoms with Gasteiger partial charge in [0, 0.05) is 24.5 Å². The Bertz CT molecular complexity index is 749. The maximum absolute atomic E-state index is 12.4. The number of carbonyl (C=O) groups is 1. The van der Waals surface area contributed by atoms with E-state index in [1.807, 2.05) is 37.3 Å². The first-order valence-electron chi connectivity index (χ1n) is 9.43. The molecule has 3 rings (SSSR count). The Balaban J connectivity index is 1.57. The minimum absolute atomic E-state index is 0.144. The minimum atomic E-state index is -0.557. The fourth-order valence-electron chi connectivity index (χ4n) is 3.20. The Labute approximate surface area is 156 Å². The van der Waals surface area contributed by atoms with Gasteiger partial charge < -0.3 is 15.0 Å². The number of amides is 1. The number of nitrogens with one attached hydrogen (secondary N) is 1. The number of piperidine rings is 1. The van der Waals surface area contributed by atoms with E-state index in [4.69, 9.17) is 4.74 Å². The predicted octanol–water partition coefficient (Wildman–Crippen LogP) is 4.70. The van der Waals surface area contributed by atoms with Crippen LogP contribution in [-0.4, -0.2) is 25.1 Å². The van der Waals surface area contributed by atoms with E-state index in [0.29, 0.717) is 0 Å². The van der Waals surface area contributed by atoms with Crippen LogP contribution in [0.1, 0.15) is 37.3 Å². The summed E-state index contributed by atoms with van der Waals surface area (Å²) in [5, 5.41) is 2.94. The highest BCUT2D eigenvalue weighted by Gasteiger charge is 2.16. The molecule has 0 aromatic heterocycles. The van der Waals surface area contributed by atoms with Gasteiger partial charge in [-0.25, -0.2) is 0 Å². The highest BCUT2D eigenvalue weighted by molar-refractivity contribution is 5.94. The number of hydrogen-bond acceptors (Lipinski definition) is 3. The molecular weight excluding hydrogens is 324 g/mol. The zero-order valence-corrected chi connectivity index (χ0v) is 15.9. The van der Waals surface area contributed by atoms with Crippen molar-refractivity contribution >= 4 is 17.3 Å². The van der Waals surface area contributed by atoms with Gasteiger partial charge in [0.1, 0.15) is 5.75 Å². The van der Waals surface area contributed by atoms with Gasteiger partial charge in [0.05, 0.1) is 0 Å². The molecular formula is C22H28N2O2. The highest BCUT2D eigenvalue weighted by atomic mass is 16.5. The average Bonchev–Trinajstić information content (AvgIpc) is 2.66. The first kappa shape index (κ1) is 18.3. The molecule has 0 bridgehead atoms. The topological polar surface area (TPSA) is 41.6 Å². The van der Waals surface area contributed by atoms with E-state index in [1.54, 1.807) is 6.92 Å². The molecule has 1 heterocycles. The van der Waals surface area contributed by atoms with Gasteiger partial charge in [-0.1, -0.05) is 6.07 Å². The van der Waals surface area contributed by atoms with Crippen LogP contribution in [-0.2, 0) is 4.79 Å². The number of ether oxygens (including phenoxy) is 1. The molecule has 0 saturated carbocycles. The normalized spacial score (nSPS) is 15.4. The van der Waals surface area contributed by atoms with Crippen molar-refractivity contribution in [3.8, 4) is 5.75 Å². The highest BCUT2D eigenvalue weighted by Crippen LogP contribution is 2.22. The van der Waals surface area contributed by atoms with Gasteiger partial charge in [-0.2, -0.15) is 0 Å². The number of anilines is 2. The fourth-order valence-corrected chi connectivity index (χ4v) is 3.20. The Kier molecular flexibility index (Phi) is 5.82. The van der Waals surface area contributed by atoms with Crippen molar-refractivity contribution in [3.63, 3.8) is 0 Å². The van der Waals surface area contributed by atoms with E-state index in [2.05, 4.69) is 29.3 Å². The van der Waals surface area contributed by atoms with Gasteiger partial charge in [0.2, 0.25) is 0 Å². The van der Waals surface area contributed by atoms with Gasteiger partial charge >= 0.3 is 0 Å². The van der Waals surface area contributed by atoms with Crippen LogP contribution in [0.2, 0.25) is 0 Å². The van der Waals surface area contributed by atoms with E-state index in [1.165, 1.54) is 30.5 Å². The van der Waals surface area contributed by atoms with Gasteiger partial charge in [0.15, 0.2) is 6.10 Å². The van der Waals surface area contributed by atoms with Crippen molar-refractivity contribution in [1.29, 1.82) is 0 Å². The zero-order valence-electron chi connectivity index (χ0n) is 15.9. The third kappa shape index (κ3) is 4.57. The summed E-state index contributed by atoms with van der Waals surface area (Å²) in [6.45, 7) is 8.10. The molecule has 1 atom stereocenters. The van der Waals surface area contributed by atoms with Crippen molar-refractivity contribution in [2.75, 3.05) is 23.3 Å². The summed E-state index contributed by atoms with van der Waals surface area (Å²) in [5.41, 5.74) is 4.39. The molecule has 138 valence electrons. The molecule has 26 heavy (non-hydrogen) atoms. The molecule has 1 amide bonds. The van der Waals surface area contributed by atoms with Crippen LogP contribution in [0.15, 0.2) is 42.5 Å². The van der Waals surface area contributed by atoms with E-state index in [9.17, 15) is 4.79 Å². The van der Waals surface area contributed by atoms with Crippen LogP contribution < -0.4 is 15.0 Å². The molecule has 1 saturated heterocycles. The number of hydrogen-bond donors (Lipinski definition) is 1. The van der Waals surface area contributed by atoms with Crippen LogP contribution in [0.25, 0.3) is 0 Å². The van der Waals surface area contributed by atoms with Crippen LogP contribution >= 0.6 is 0 Å². The molecule has 1 aliphatic heterocycles. The maximum atomic E-state index is 12.4. The van der Waals surface area contributed by atoms with Gasteiger partial charge in [0.25, 0.3) is 5.91 Å². The molecule has 2 aromatic rings. The predicted molar refractivity (Wildman–Crippen MR) is 107 cm³/mol. The molecule has 1 N–H and O–H groups in total. The minimum Gasteiger partial charge on any atom is -0.481 e. The summed E-state index contributed by atoms with van der Waals surface area (Å²) in [7, 11) is 0. The molecule has 4 nitrogen and oxygen atoms in total. The number of rotatable bonds is 5. The van der Waals surface area contributed by atoms with E-state index >= 15 is 0 Å². The molecule has 0 radical (unpaired) electrons. The van der Waals surface area contributed by atoms with E-state index in [-0.39, 0.29) is 5.91 Å². The Hall–Kier alpha value is -2.49. The largest absolute Gasteiger partial charge is 0.481 e. The lowest BCUT2D eigenvalue weighted by molar-refractivity contribution is -0.122. The number of benzene rings is 2. The van der Waals surface area contributed by atoms with E-state index in [0.717, 1.165) is 30.1 Å². The van der Waals surface area contributed by atoms with Gasteiger partial charge in [-0.05, 0) is 87.6 Å². The maximum Gasteiger partial charge on any atom is 0.265 e. The fraction of sp³-hybridized carbons (Fsp3) is 0.409. The summed E-state index contributed by atoms with van der Waals surface area (Å²) in [6.07, 6.45) is 3.28. The smallest absolute Gasteiger partial charge is 0.265 e. The first-order chi connectivity index (χ1) is 12.5. The van der Waals surface area contributed by atoms with Crippen molar-refractivity contribution in [2.45, 2.75) is 46.1 Å². The van der Waals surface area contributed by atoms with Crippen molar-refractivity contribution in [3.05, 3.63) is 53.6 Å². The summed E-state index contributed by atoms with van der Waals surface area (Å²) in [6, 6.07) is 14.0.